The van der Waals surface area contributed by atoms with Gasteiger partial charge in [-0.15, -0.1) is 5.10 Å². The SMILES string of the molecule is C[C@@H](NC(=O)c1cnn(-c2ccccc2)n1)[C@H]1CCCO1. The third-order valence-electron chi connectivity index (χ3n) is 3.59. The van der Waals surface area contributed by atoms with Crippen molar-refractivity contribution in [2.24, 2.45) is 0 Å². The molecule has 0 radical (unpaired) electrons. The highest BCUT2D eigenvalue weighted by Crippen LogP contribution is 2.15. The summed E-state index contributed by atoms with van der Waals surface area (Å²) >= 11 is 0. The predicted octanol–water partition coefficient (Wildman–Crippen LogP) is 1.56. The quantitative estimate of drug-likeness (QED) is 0.926. The van der Waals surface area contributed by atoms with Crippen LogP contribution in [0.5, 0.6) is 0 Å². The van der Waals surface area contributed by atoms with Crippen molar-refractivity contribution in [2.75, 3.05) is 6.61 Å². The first-order valence-electron chi connectivity index (χ1n) is 7.14. The molecular weight excluding hydrogens is 268 g/mol. The van der Waals surface area contributed by atoms with Crippen LogP contribution in [0.25, 0.3) is 5.69 Å². The first-order valence-corrected chi connectivity index (χ1v) is 7.14. The molecule has 1 aliphatic rings. The number of para-hydroxylation sites is 1. The summed E-state index contributed by atoms with van der Waals surface area (Å²) in [4.78, 5) is 13.6. The van der Waals surface area contributed by atoms with Crippen LogP contribution in [0.15, 0.2) is 36.5 Å². The standard InChI is InChI=1S/C15H18N4O2/c1-11(14-8-5-9-21-14)17-15(20)13-10-16-19(18-13)12-6-3-2-4-7-12/h2-4,6-7,10-11,14H,5,8-9H2,1H3,(H,17,20)/t11-,14-/m1/s1. The van der Waals surface area contributed by atoms with Gasteiger partial charge in [0.2, 0.25) is 0 Å². The summed E-state index contributed by atoms with van der Waals surface area (Å²) in [6.07, 6.45) is 3.61. The van der Waals surface area contributed by atoms with Gasteiger partial charge >= 0.3 is 0 Å². The molecule has 110 valence electrons. The minimum atomic E-state index is -0.222. The Hall–Kier alpha value is -2.21. The summed E-state index contributed by atoms with van der Waals surface area (Å²) in [6, 6.07) is 9.47. The van der Waals surface area contributed by atoms with Crippen molar-refractivity contribution in [1.29, 1.82) is 0 Å². The monoisotopic (exact) mass is 286 g/mol. The number of carbonyl (C=O) groups is 1. The van der Waals surface area contributed by atoms with Crippen molar-refractivity contribution in [2.45, 2.75) is 31.9 Å². The number of rotatable bonds is 4. The highest BCUT2D eigenvalue weighted by molar-refractivity contribution is 5.92. The molecule has 1 amide bonds. The van der Waals surface area contributed by atoms with E-state index >= 15 is 0 Å². The molecule has 1 aromatic carbocycles. The van der Waals surface area contributed by atoms with Crippen LogP contribution in [0.1, 0.15) is 30.3 Å². The number of hydrogen-bond acceptors (Lipinski definition) is 4. The number of aromatic nitrogens is 3. The van der Waals surface area contributed by atoms with E-state index in [1.165, 1.54) is 11.0 Å². The number of carbonyl (C=O) groups excluding carboxylic acids is 1. The van der Waals surface area contributed by atoms with Gasteiger partial charge in [0.15, 0.2) is 5.69 Å². The molecule has 0 unspecified atom stereocenters. The van der Waals surface area contributed by atoms with Crippen molar-refractivity contribution in [1.82, 2.24) is 20.3 Å². The van der Waals surface area contributed by atoms with E-state index in [9.17, 15) is 4.79 Å². The fourth-order valence-corrected chi connectivity index (χ4v) is 2.42. The van der Waals surface area contributed by atoms with Crippen LogP contribution in [0, 0.1) is 0 Å². The molecule has 1 fully saturated rings. The molecule has 0 spiro atoms. The van der Waals surface area contributed by atoms with Crippen LogP contribution < -0.4 is 5.32 Å². The summed E-state index contributed by atoms with van der Waals surface area (Å²) in [5, 5.41) is 11.3. The van der Waals surface area contributed by atoms with Crippen LogP contribution in [0.2, 0.25) is 0 Å². The predicted molar refractivity (Wildman–Crippen MR) is 77.3 cm³/mol. The van der Waals surface area contributed by atoms with Gasteiger partial charge in [-0.05, 0) is 31.9 Å². The Balaban J connectivity index is 1.67. The van der Waals surface area contributed by atoms with Crippen LogP contribution in [-0.2, 0) is 4.74 Å². The second kappa shape index (κ2) is 6.05. The number of nitrogens with one attached hydrogen (secondary N) is 1. The molecule has 2 heterocycles. The molecule has 0 bridgehead atoms. The van der Waals surface area contributed by atoms with Gasteiger partial charge in [-0.3, -0.25) is 4.79 Å². The molecule has 1 aliphatic heterocycles. The summed E-state index contributed by atoms with van der Waals surface area (Å²) in [7, 11) is 0. The molecule has 6 nitrogen and oxygen atoms in total. The van der Waals surface area contributed by atoms with E-state index in [0.717, 1.165) is 25.1 Å². The lowest BCUT2D eigenvalue weighted by molar-refractivity contribution is 0.0709. The van der Waals surface area contributed by atoms with Crippen LogP contribution in [-0.4, -0.2) is 39.7 Å². The summed E-state index contributed by atoms with van der Waals surface area (Å²) in [5.74, 6) is -0.222. The van der Waals surface area contributed by atoms with Crippen LogP contribution >= 0.6 is 0 Å². The number of hydrogen-bond donors (Lipinski definition) is 1. The fourth-order valence-electron chi connectivity index (χ4n) is 2.42. The van der Waals surface area contributed by atoms with Crippen molar-refractivity contribution in [3.8, 4) is 5.69 Å². The number of benzene rings is 1. The third-order valence-corrected chi connectivity index (χ3v) is 3.59. The normalized spacial score (nSPS) is 19.4. The molecule has 2 aromatic rings. The Morgan fingerprint density at radius 2 is 2.24 bits per heavy atom. The Bertz CT molecular complexity index is 605. The summed E-state index contributed by atoms with van der Waals surface area (Å²) in [6.45, 7) is 2.73. The van der Waals surface area contributed by atoms with Crippen molar-refractivity contribution in [3.05, 3.63) is 42.2 Å². The largest absolute Gasteiger partial charge is 0.376 e. The maximum atomic E-state index is 12.2. The van der Waals surface area contributed by atoms with Gasteiger partial charge in [0.1, 0.15) is 0 Å². The highest BCUT2D eigenvalue weighted by Gasteiger charge is 2.24. The molecular formula is C15H18N4O2. The van der Waals surface area contributed by atoms with Crippen molar-refractivity contribution >= 4 is 5.91 Å². The van der Waals surface area contributed by atoms with Gasteiger partial charge < -0.3 is 10.1 Å². The maximum absolute atomic E-state index is 12.2. The third kappa shape index (κ3) is 3.11. The molecule has 6 heteroatoms. The molecule has 0 aliphatic carbocycles. The van der Waals surface area contributed by atoms with Gasteiger partial charge in [-0.25, -0.2) is 0 Å². The van der Waals surface area contributed by atoms with E-state index in [4.69, 9.17) is 4.74 Å². The lowest BCUT2D eigenvalue weighted by Gasteiger charge is -2.19. The van der Waals surface area contributed by atoms with Crippen molar-refractivity contribution in [3.63, 3.8) is 0 Å². The van der Waals surface area contributed by atoms with Gasteiger partial charge in [0.05, 0.1) is 24.0 Å². The second-order valence-corrected chi connectivity index (χ2v) is 5.17. The first-order chi connectivity index (χ1) is 10.2. The number of nitrogens with zero attached hydrogens (tertiary/aromatic N) is 3. The summed E-state index contributed by atoms with van der Waals surface area (Å²) in [5.41, 5.74) is 1.13. The molecule has 1 saturated heterocycles. The smallest absolute Gasteiger partial charge is 0.273 e. The van der Waals surface area contributed by atoms with E-state index in [0.29, 0.717) is 5.69 Å². The molecule has 0 saturated carbocycles. The lowest BCUT2D eigenvalue weighted by Crippen LogP contribution is -2.41. The van der Waals surface area contributed by atoms with Crippen LogP contribution in [0.3, 0.4) is 0 Å². The maximum Gasteiger partial charge on any atom is 0.273 e. The van der Waals surface area contributed by atoms with Gasteiger partial charge in [0, 0.05) is 6.61 Å². The van der Waals surface area contributed by atoms with Gasteiger partial charge in [-0.1, -0.05) is 18.2 Å². The number of ether oxygens (including phenoxy) is 1. The minimum absolute atomic E-state index is 0.0260. The zero-order chi connectivity index (χ0) is 14.7. The highest BCUT2D eigenvalue weighted by atomic mass is 16.5. The Kier molecular flexibility index (Phi) is 3.96. The van der Waals surface area contributed by atoms with E-state index in [1.807, 2.05) is 37.3 Å². The summed E-state index contributed by atoms with van der Waals surface area (Å²) < 4.78 is 5.57. The van der Waals surface area contributed by atoms with E-state index in [1.54, 1.807) is 0 Å². The zero-order valence-corrected chi connectivity index (χ0v) is 11.9. The molecule has 2 atom stereocenters. The van der Waals surface area contributed by atoms with Crippen molar-refractivity contribution < 1.29 is 9.53 Å². The molecule has 3 rings (SSSR count). The molecule has 1 N–H and O–H groups in total. The van der Waals surface area contributed by atoms with Crippen LogP contribution in [0.4, 0.5) is 0 Å². The van der Waals surface area contributed by atoms with E-state index < -0.39 is 0 Å². The first kappa shape index (κ1) is 13.8. The minimum Gasteiger partial charge on any atom is -0.376 e. The lowest BCUT2D eigenvalue weighted by atomic mass is 10.1. The van der Waals surface area contributed by atoms with E-state index in [2.05, 4.69) is 15.5 Å². The Labute approximate surface area is 123 Å². The second-order valence-electron chi connectivity index (χ2n) is 5.17. The Morgan fingerprint density at radius 1 is 1.43 bits per heavy atom. The average molecular weight is 286 g/mol. The van der Waals surface area contributed by atoms with Gasteiger partial charge in [0.25, 0.3) is 5.91 Å². The molecule has 1 aromatic heterocycles. The van der Waals surface area contributed by atoms with Gasteiger partial charge in [-0.2, -0.15) is 9.90 Å². The Morgan fingerprint density at radius 3 is 2.95 bits per heavy atom. The zero-order valence-electron chi connectivity index (χ0n) is 11.9. The van der Waals surface area contributed by atoms with E-state index in [-0.39, 0.29) is 18.1 Å². The fraction of sp³-hybridized carbons (Fsp3) is 0.400. The number of amides is 1. The topological polar surface area (TPSA) is 69.0 Å². The average Bonchev–Trinajstić information content (AvgIpc) is 3.20. The molecule has 21 heavy (non-hydrogen) atoms.